The number of benzene rings is 1. The molecule has 1 saturated heterocycles. The highest BCUT2D eigenvalue weighted by Crippen LogP contribution is 2.30. The molecule has 1 aliphatic rings. The molecule has 0 bridgehead atoms. The number of aromatic nitrogens is 1. The van der Waals surface area contributed by atoms with Gasteiger partial charge in [-0.2, -0.15) is 0 Å². The molecule has 0 atom stereocenters. The molecule has 3 rings (SSSR count). The first-order valence-electron chi connectivity index (χ1n) is 10.9. The summed E-state index contributed by atoms with van der Waals surface area (Å²) in [5.41, 5.74) is 2.01. The van der Waals surface area contributed by atoms with Crippen LogP contribution >= 0.6 is 24.0 Å². The monoisotopic (exact) mass is 554 g/mol. The number of aliphatic imine (C=N–C) groups is 1. The van der Waals surface area contributed by atoms with Crippen molar-refractivity contribution >= 4 is 41.4 Å². The summed E-state index contributed by atoms with van der Waals surface area (Å²) in [6, 6.07) is 9.93. The first-order valence-corrected chi connectivity index (χ1v) is 10.9. The van der Waals surface area contributed by atoms with Gasteiger partial charge >= 0.3 is 0 Å². The molecule has 0 radical (unpaired) electrons. The Morgan fingerprint density at radius 3 is 2.56 bits per heavy atom. The number of hydrogen-bond acceptors (Lipinski definition) is 6. The van der Waals surface area contributed by atoms with Gasteiger partial charge in [0.1, 0.15) is 5.82 Å². The molecule has 1 aliphatic heterocycles. The van der Waals surface area contributed by atoms with Gasteiger partial charge in [-0.3, -0.25) is 0 Å². The zero-order valence-corrected chi connectivity index (χ0v) is 21.8. The zero-order valence-electron chi connectivity index (χ0n) is 19.4. The van der Waals surface area contributed by atoms with E-state index in [1.54, 1.807) is 7.11 Å². The third-order valence-corrected chi connectivity index (χ3v) is 5.13. The lowest BCUT2D eigenvalue weighted by atomic mass is 10.2. The van der Waals surface area contributed by atoms with Gasteiger partial charge in [-0.15, -0.1) is 24.0 Å². The van der Waals surface area contributed by atoms with Gasteiger partial charge in [-0.1, -0.05) is 0 Å². The highest BCUT2D eigenvalue weighted by molar-refractivity contribution is 14.0. The molecule has 1 fully saturated rings. The van der Waals surface area contributed by atoms with Crippen molar-refractivity contribution in [2.75, 3.05) is 63.7 Å². The summed E-state index contributed by atoms with van der Waals surface area (Å²) >= 11 is 0. The van der Waals surface area contributed by atoms with Crippen molar-refractivity contribution in [3.05, 3.63) is 42.1 Å². The number of guanidine groups is 1. The Morgan fingerprint density at radius 2 is 1.88 bits per heavy atom. The van der Waals surface area contributed by atoms with E-state index in [1.165, 1.54) is 0 Å². The third kappa shape index (κ3) is 7.40. The van der Waals surface area contributed by atoms with Crippen LogP contribution in [0.5, 0.6) is 11.5 Å². The lowest BCUT2D eigenvalue weighted by Crippen LogP contribution is -2.44. The summed E-state index contributed by atoms with van der Waals surface area (Å²) in [6.45, 7) is 10.0. The molecule has 0 saturated carbocycles. The van der Waals surface area contributed by atoms with E-state index in [4.69, 9.17) is 14.5 Å². The summed E-state index contributed by atoms with van der Waals surface area (Å²) in [7, 11) is 3.80. The molecule has 8 nitrogen and oxygen atoms in total. The van der Waals surface area contributed by atoms with Crippen molar-refractivity contribution in [1.29, 1.82) is 0 Å². The van der Waals surface area contributed by atoms with Crippen molar-refractivity contribution in [2.24, 2.45) is 4.99 Å². The van der Waals surface area contributed by atoms with Crippen LogP contribution in [0.4, 0.5) is 11.5 Å². The minimum atomic E-state index is 0. The maximum atomic E-state index is 5.60. The average Bonchev–Trinajstić information content (AvgIpc) is 2.79. The summed E-state index contributed by atoms with van der Waals surface area (Å²) in [4.78, 5) is 14.0. The molecule has 0 unspecified atom stereocenters. The minimum Gasteiger partial charge on any atom is -0.493 e. The fourth-order valence-corrected chi connectivity index (χ4v) is 3.40. The van der Waals surface area contributed by atoms with Crippen molar-refractivity contribution < 1.29 is 9.47 Å². The number of nitrogens with one attached hydrogen (secondary N) is 2. The van der Waals surface area contributed by atoms with Crippen molar-refractivity contribution in [1.82, 2.24) is 15.2 Å². The smallest absolute Gasteiger partial charge is 0.196 e. The van der Waals surface area contributed by atoms with Crippen LogP contribution in [0.3, 0.4) is 0 Å². The number of anilines is 2. The van der Waals surface area contributed by atoms with Crippen LogP contribution < -0.4 is 25.0 Å². The van der Waals surface area contributed by atoms with Gasteiger partial charge in [0.25, 0.3) is 0 Å². The molecular weight excluding hydrogens is 519 g/mol. The summed E-state index contributed by atoms with van der Waals surface area (Å²) in [6.07, 6.45) is 1.87. The van der Waals surface area contributed by atoms with Crippen molar-refractivity contribution in [3.63, 3.8) is 0 Å². The third-order valence-electron chi connectivity index (χ3n) is 5.13. The average molecular weight is 554 g/mol. The number of likely N-dealkylation sites (N-methyl/N-ethyl adjacent to an activating group) is 1. The number of piperazine rings is 1. The number of pyridine rings is 1. The van der Waals surface area contributed by atoms with Crippen LogP contribution in [0.1, 0.15) is 19.4 Å². The number of rotatable bonds is 8. The topological polar surface area (TPSA) is 74.3 Å². The molecule has 176 valence electrons. The van der Waals surface area contributed by atoms with Crippen LogP contribution in [0, 0.1) is 0 Å². The van der Waals surface area contributed by atoms with E-state index in [9.17, 15) is 0 Å². The zero-order chi connectivity index (χ0) is 22.1. The second-order valence-electron chi connectivity index (χ2n) is 7.43. The maximum Gasteiger partial charge on any atom is 0.196 e. The van der Waals surface area contributed by atoms with Gasteiger partial charge in [0.05, 0.1) is 20.3 Å². The number of nitrogens with zero attached hydrogens (tertiary/aromatic N) is 4. The molecule has 2 aromatic rings. The van der Waals surface area contributed by atoms with Crippen molar-refractivity contribution in [3.8, 4) is 11.5 Å². The Bertz CT molecular complexity index is 871. The summed E-state index contributed by atoms with van der Waals surface area (Å²) in [5.74, 6) is 3.15. The Labute approximate surface area is 208 Å². The number of methoxy groups -OCH3 is 1. The molecule has 32 heavy (non-hydrogen) atoms. The minimum absolute atomic E-state index is 0. The number of halogens is 1. The van der Waals surface area contributed by atoms with Crippen LogP contribution in [0.25, 0.3) is 0 Å². The highest BCUT2D eigenvalue weighted by Gasteiger charge is 2.15. The van der Waals surface area contributed by atoms with Crippen molar-refractivity contribution in [2.45, 2.75) is 20.4 Å². The second-order valence-corrected chi connectivity index (χ2v) is 7.43. The fraction of sp³-hybridized carbons (Fsp3) is 0.478. The first kappa shape index (κ1) is 26.0. The van der Waals surface area contributed by atoms with E-state index in [1.807, 2.05) is 44.3 Å². The standard InChI is InChI=1S/C23H34N6O2.HI/c1-5-24-23(27-19-7-8-20(31-6-2)21(16-19)30-4)26-17-18-9-10-25-22(15-18)29-13-11-28(3)12-14-29;/h7-10,15-16H,5-6,11-14,17H2,1-4H3,(H2,24,26,27);1H. The molecular formula is C23H35IN6O2. The molecule has 9 heteroatoms. The van der Waals surface area contributed by atoms with E-state index in [-0.39, 0.29) is 24.0 Å². The SMILES string of the molecule is CCNC(=NCc1ccnc(N2CCN(C)CC2)c1)Nc1ccc(OCC)c(OC)c1.I. The lowest BCUT2D eigenvalue weighted by Gasteiger charge is -2.33. The predicted octanol–water partition coefficient (Wildman–Crippen LogP) is 3.44. The number of ether oxygens (including phenoxy) is 2. The first-order chi connectivity index (χ1) is 15.1. The Balaban J connectivity index is 0.00000363. The normalized spacial score (nSPS) is 14.5. The largest absolute Gasteiger partial charge is 0.493 e. The fourth-order valence-electron chi connectivity index (χ4n) is 3.40. The van der Waals surface area contributed by atoms with E-state index in [0.717, 1.165) is 55.5 Å². The Kier molecular flexibility index (Phi) is 10.8. The summed E-state index contributed by atoms with van der Waals surface area (Å²) in [5, 5.41) is 6.65. The van der Waals surface area contributed by atoms with Gasteiger partial charge in [-0.25, -0.2) is 9.98 Å². The van der Waals surface area contributed by atoms with E-state index >= 15 is 0 Å². The molecule has 0 aliphatic carbocycles. The van der Waals surface area contributed by atoms with E-state index in [0.29, 0.717) is 24.9 Å². The molecule has 1 aromatic heterocycles. The quantitative estimate of drug-likeness (QED) is 0.294. The van der Waals surface area contributed by atoms with Crippen LogP contribution in [-0.2, 0) is 6.54 Å². The lowest BCUT2D eigenvalue weighted by molar-refractivity contribution is 0.311. The Hall–Kier alpha value is -2.27. The number of hydrogen-bond donors (Lipinski definition) is 2. The van der Waals surface area contributed by atoms with Gasteiger partial charge in [0.15, 0.2) is 17.5 Å². The molecule has 2 heterocycles. The second kappa shape index (κ2) is 13.3. The Morgan fingerprint density at radius 1 is 1.09 bits per heavy atom. The molecule has 1 aromatic carbocycles. The van der Waals surface area contributed by atoms with Gasteiger partial charge in [0, 0.05) is 50.7 Å². The van der Waals surface area contributed by atoms with Gasteiger partial charge in [0.2, 0.25) is 0 Å². The van der Waals surface area contributed by atoms with Crippen LogP contribution in [0.15, 0.2) is 41.5 Å². The predicted molar refractivity (Wildman–Crippen MR) is 142 cm³/mol. The molecule has 2 N–H and O–H groups in total. The van der Waals surface area contributed by atoms with Crippen LogP contribution in [0.2, 0.25) is 0 Å². The molecule has 0 spiro atoms. The van der Waals surface area contributed by atoms with Gasteiger partial charge < -0.3 is 29.9 Å². The van der Waals surface area contributed by atoms with Gasteiger partial charge in [-0.05, 0) is 50.7 Å². The van der Waals surface area contributed by atoms with Crippen LogP contribution in [-0.4, -0.2) is 69.3 Å². The van der Waals surface area contributed by atoms with E-state index < -0.39 is 0 Å². The highest BCUT2D eigenvalue weighted by atomic mass is 127. The molecule has 0 amide bonds. The van der Waals surface area contributed by atoms with E-state index in [2.05, 4.69) is 38.5 Å². The summed E-state index contributed by atoms with van der Waals surface area (Å²) < 4.78 is 11.0. The maximum absolute atomic E-state index is 5.60.